The number of carbonyl (C=O) groups excluding carboxylic acids is 1. The molecule has 6 nitrogen and oxygen atoms in total. The largest absolute Gasteiger partial charge is 0.454 e. The molecule has 0 saturated carbocycles. The normalized spacial score (nSPS) is 11.8. The predicted molar refractivity (Wildman–Crippen MR) is 94.5 cm³/mol. The van der Waals surface area contributed by atoms with Crippen LogP contribution in [0.3, 0.4) is 0 Å². The molecule has 2 N–H and O–H groups in total. The third-order valence-corrected chi connectivity index (χ3v) is 3.70. The molecule has 0 atom stereocenters. The van der Waals surface area contributed by atoms with Gasteiger partial charge in [-0.2, -0.15) is 0 Å². The van der Waals surface area contributed by atoms with E-state index >= 15 is 0 Å². The van der Waals surface area contributed by atoms with Crippen LogP contribution in [0.5, 0.6) is 11.5 Å². The highest BCUT2D eigenvalue weighted by molar-refractivity contribution is 6.03. The van der Waals surface area contributed by atoms with Crippen molar-refractivity contribution in [3.05, 3.63) is 72.4 Å². The van der Waals surface area contributed by atoms with Crippen molar-refractivity contribution in [3.63, 3.8) is 0 Å². The fraction of sp³-hybridized carbons (Fsp3) is 0.0526. The zero-order valence-corrected chi connectivity index (χ0v) is 13.2. The van der Waals surface area contributed by atoms with Gasteiger partial charge in [0.15, 0.2) is 11.5 Å². The maximum Gasteiger partial charge on any atom is 0.256 e. The molecule has 0 spiro atoms. The Kier molecular flexibility index (Phi) is 3.92. The summed E-state index contributed by atoms with van der Waals surface area (Å²) < 4.78 is 10.6. The van der Waals surface area contributed by atoms with Crippen molar-refractivity contribution in [1.82, 2.24) is 4.98 Å². The van der Waals surface area contributed by atoms with Crippen LogP contribution in [0.25, 0.3) is 0 Å². The van der Waals surface area contributed by atoms with Crippen LogP contribution in [0.4, 0.5) is 17.2 Å². The van der Waals surface area contributed by atoms with Crippen LogP contribution < -0.4 is 20.1 Å². The molecule has 2 heterocycles. The first-order chi connectivity index (χ1) is 12.3. The smallest absolute Gasteiger partial charge is 0.256 e. The number of amides is 1. The lowest BCUT2D eigenvalue weighted by atomic mass is 10.2. The van der Waals surface area contributed by atoms with Gasteiger partial charge in [0.25, 0.3) is 5.91 Å². The second kappa shape index (κ2) is 6.52. The van der Waals surface area contributed by atoms with Crippen molar-refractivity contribution in [3.8, 4) is 11.5 Å². The van der Waals surface area contributed by atoms with Gasteiger partial charge in [-0.05, 0) is 36.4 Å². The van der Waals surface area contributed by atoms with Gasteiger partial charge in [0, 0.05) is 17.3 Å². The van der Waals surface area contributed by atoms with Crippen molar-refractivity contribution in [2.24, 2.45) is 0 Å². The summed E-state index contributed by atoms with van der Waals surface area (Å²) >= 11 is 0. The molecule has 2 aromatic carbocycles. The Bertz CT molecular complexity index is 896. The Morgan fingerprint density at radius 2 is 1.72 bits per heavy atom. The maximum absolute atomic E-state index is 12.1. The first-order valence-corrected chi connectivity index (χ1v) is 7.77. The molecule has 0 bridgehead atoms. The van der Waals surface area contributed by atoms with Gasteiger partial charge >= 0.3 is 0 Å². The van der Waals surface area contributed by atoms with Crippen molar-refractivity contribution < 1.29 is 14.3 Å². The van der Waals surface area contributed by atoms with E-state index in [9.17, 15) is 4.79 Å². The summed E-state index contributed by atoms with van der Waals surface area (Å²) in [5, 5.41) is 6.00. The maximum atomic E-state index is 12.1. The van der Waals surface area contributed by atoms with E-state index in [0.717, 1.165) is 17.1 Å². The van der Waals surface area contributed by atoms with E-state index in [-0.39, 0.29) is 12.7 Å². The summed E-state index contributed by atoms with van der Waals surface area (Å²) in [5.74, 6) is 1.75. The monoisotopic (exact) mass is 333 g/mol. The molecule has 1 aliphatic heterocycles. The summed E-state index contributed by atoms with van der Waals surface area (Å²) in [7, 11) is 0. The highest BCUT2D eigenvalue weighted by Gasteiger charge is 2.13. The molecular weight excluding hydrogens is 318 g/mol. The number of nitrogens with zero attached hydrogens (tertiary/aromatic N) is 1. The molecule has 6 heteroatoms. The third-order valence-electron chi connectivity index (χ3n) is 3.70. The SMILES string of the molecule is O=C(Nc1ccc(Nc2ccc3c(c2)OCO3)cn1)c1ccccc1. The highest BCUT2D eigenvalue weighted by Crippen LogP contribution is 2.35. The van der Waals surface area contributed by atoms with Crippen LogP contribution in [0, 0.1) is 0 Å². The summed E-state index contributed by atoms with van der Waals surface area (Å²) in [6, 6.07) is 18.2. The van der Waals surface area contributed by atoms with Crippen molar-refractivity contribution in [1.29, 1.82) is 0 Å². The molecule has 0 saturated heterocycles. The Labute approximate surface area is 144 Å². The van der Waals surface area contributed by atoms with Crippen LogP contribution >= 0.6 is 0 Å². The summed E-state index contributed by atoms with van der Waals surface area (Å²) in [4.78, 5) is 16.4. The molecule has 1 aromatic heterocycles. The Morgan fingerprint density at radius 1 is 0.920 bits per heavy atom. The fourth-order valence-electron chi connectivity index (χ4n) is 2.46. The van der Waals surface area contributed by atoms with E-state index < -0.39 is 0 Å². The van der Waals surface area contributed by atoms with Crippen LogP contribution in [0.15, 0.2) is 66.9 Å². The van der Waals surface area contributed by atoms with Gasteiger partial charge in [-0.25, -0.2) is 4.98 Å². The molecule has 0 unspecified atom stereocenters. The molecule has 1 aliphatic rings. The number of hydrogen-bond donors (Lipinski definition) is 2. The average molecular weight is 333 g/mol. The van der Waals surface area contributed by atoms with Crippen molar-refractivity contribution in [2.75, 3.05) is 17.4 Å². The highest BCUT2D eigenvalue weighted by atomic mass is 16.7. The number of hydrogen-bond acceptors (Lipinski definition) is 5. The van der Waals surface area contributed by atoms with Gasteiger partial charge in [0.1, 0.15) is 5.82 Å². The van der Waals surface area contributed by atoms with Gasteiger partial charge < -0.3 is 20.1 Å². The number of carbonyl (C=O) groups is 1. The summed E-state index contributed by atoms with van der Waals surface area (Å²) in [5.41, 5.74) is 2.26. The zero-order valence-electron chi connectivity index (χ0n) is 13.2. The number of anilines is 3. The van der Waals surface area contributed by atoms with Gasteiger partial charge in [0.05, 0.1) is 11.9 Å². The second-order valence-electron chi connectivity index (χ2n) is 5.45. The van der Waals surface area contributed by atoms with Crippen LogP contribution in [-0.4, -0.2) is 17.7 Å². The molecule has 3 aromatic rings. The minimum Gasteiger partial charge on any atom is -0.454 e. The number of benzene rings is 2. The Balaban J connectivity index is 1.42. The van der Waals surface area contributed by atoms with Crippen molar-refractivity contribution in [2.45, 2.75) is 0 Å². The quantitative estimate of drug-likeness (QED) is 0.760. The number of aromatic nitrogens is 1. The van der Waals surface area contributed by atoms with E-state index in [1.165, 1.54) is 0 Å². The number of ether oxygens (including phenoxy) is 2. The second-order valence-corrected chi connectivity index (χ2v) is 5.45. The summed E-state index contributed by atoms with van der Waals surface area (Å²) in [6.45, 7) is 0.246. The predicted octanol–water partition coefficient (Wildman–Crippen LogP) is 3.81. The molecule has 1 amide bonds. The van der Waals surface area contributed by atoms with Gasteiger partial charge in [-0.15, -0.1) is 0 Å². The molecule has 0 aliphatic carbocycles. The fourth-order valence-corrected chi connectivity index (χ4v) is 2.46. The van der Waals surface area contributed by atoms with Gasteiger partial charge in [-0.1, -0.05) is 18.2 Å². The van der Waals surface area contributed by atoms with E-state index in [2.05, 4.69) is 15.6 Å². The number of nitrogens with one attached hydrogen (secondary N) is 2. The topological polar surface area (TPSA) is 72.5 Å². The van der Waals surface area contributed by atoms with Gasteiger partial charge in [-0.3, -0.25) is 4.79 Å². The average Bonchev–Trinajstić information content (AvgIpc) is 3.12. The van der Waals surface area contributed by atoms with Crippen LogP contribution in [0.2, 0.25) is 0 Å². The van der Waals surface area contributed by atoms with Crippen LogP contribution in [-0.2, 0) is 0 Å². The molecule has 124 valence electrons. The first-order valence-electron chi connectivity index (χ1n) is 7.77. The number of rotatable bonds is 4. The van der Waals surface area contributed by atoms with E-state index in [1.54, 1.807) is 24.4 Å². The van der Waals surface area contributed by atoms with E-state index in [1.807, 2.05) is 42.5 Å². The molecule has 25 heavy (non-hydrogen) atoms. The minimum absolute atomic E-state index is 0.190. The first kappa shape index (κ1) is 15.0. The standard InChI is InChI=1S/C19H15N3O3/c23-19(13-4-2-1-3-5-13)22-18-9-7-15(11-20-18)21-14-6-8-16-17(10-14)25-12-24-16/h1-11,21H,12H2,(H,20,22,23). The lowest BCUT2D eigenvalue weighted by Gasteiger charge is -2.08. The van der Waals surface area contributed by atoms with Crippen LogP contribution in [0.1, 0.15) is 10.4 Å². The third kappa shape index (κ3) is 3.37. The Hall–Kier alpha value is -3.54. The number of fused-ring (bicyclic) bond motifs is 1. The minimum atomic E-state index is -0.190. The lowest BCUT2D eigenvalue weighted by Crippen LogP contribution is -2.12. The van der Waals surface area contributed by atoms with E-state index in [0.29, 0.717) is 17.1 Å². The molecule has 0 radical (unpaired) electrons. The lowest BCUT2D eigenvalue weighted by molar-refractivity contribution is 0.102. The van der Waals surface area contributed by atoms with Crippen molar-refractivity contribution >= 4 is 23.1 Å². The van der Waals surface area contributed by atoms with E-state index in [4.69, 9.17) is 9.47 Å². The Morgan fingerprint density at radius 3 is 2.52 bits per heavy atom. The molecular formula is C19H15N3O3. The zero-order chi connectivity index (χ0) is 17.1. The van der Waals surface area contributed by atoms with Gasteiger partial charge in [0.2, 0.25) is 6.79 Å². The number of pyridine rings is 1. The molecule has 0 fully saturated rings. The molecule has 4 rings (SSSR count). The summed E-state index contributed by atoms with van der Waals surface area (Å²) in [6.07, 6.45) is 1.66.